The average Bonchev–Trinajstić information content (AvgIpc) is 2.11. The van der Waals surface area contributed by atoms with E-state index in [9.17, 15) is 9.59 Å². The van der Waals surface area contributed by atoms with E-state index < -0.39 is 11.9 Å². The second-order valence-corrected chi connectivity index (χ2v) is 1.75. The topological polar surface area (TPSA) is 77.3 Å². The van der Waals surface area contributed by atoms with Crippen LogP contribution in [0.25, 0.3) is 0 Å². The summed E-state index contributed by atoms with van der Waals surface area (Å²) in [4.78, 5) is 20.9. The number of hydrogen-bond donors (Lipinski definition) is 0. The predicted octanol–water partition coefficient (Wildman–Crippen LogP) is -0.215. The molecular weight excluding hydrogens is 164 g/mol. The maximum atomic E-state index is 10.4. The number of carbonyl (C=O) groups excluding carboxylic acids is 2. The zero-order valence-corrected chi connectivity index (χ0v) is 6.94. The van der Waals surface area contributed by atoms with E-state index in [1.54, 1.807) is 0 Å². The summed E-state index contributed by atoms with van der Waals surface area (Å²) in [5.74, 6) is -0.993. The molecule has 0 aliphatic heterocycles. The Morgan fingerprint density at radius 1 is 1.00 bits per heavy atom. The molecule has 0 aliphatic rings. The van der Waals surface area contributed by atoms with Crippen molar-refractivity contribution in [3.05, 3.63) is 0 Å². The highest BCUT2D eigenvalue weighted by atomic mass is 16.5. The Balaban J connectivity index is 3.50. The Morgan fingerprint density at radius 3 is 1.58 bits per heavy atom. The molecule has 0 saturated heterocycles. The molecule has 0 spiro atoms. The molecule has 6 nitrogen and oxygen atoms in total. The van der Waals surface area contributed by atoms with E-state index in [-0.39, 0.29) is 13.1 Å². The van der Waals surface area contributed by atoms with Crippen LogP contribution in [0.5, 0.6) is 0 Å². The standard InChI is InChI=1S/C6H10N2O4/c1-11-5(9)3-7-8-4-6(10)12-2/h3-4H2,1-2H3. The fourth-order valence-corrected chi connectivity index (χ4v) is 0.345. The molecule has 0 bridgehead atoms. The molecule has 0 radical (unpaired) electrons. The maximum absolute atomic E-state index is 10.4. The number of nitrogens with zero attached hydrogens (tertiary/aromatic N) is 2. The van der Waals surface area contributed by atoms with Crippen molar-refractivity contribution < 1.29 is 19.1 Å². The second-order valence-electron chi connectivity index (χ2n) is 1.75. The Bertz CT molecular complexity index is 170. The number of esters is 2. The molecular formula is C6H10N2O4. The molecule has 0 aromatic rings. The maximum Gasteiger partial charge on any atom is 0.329 e. The van der Waals surface area contributed by atoms with E-state index >= 15 is 0 Å². The zero-order chi connectivity index (χ0) is 9.40. The number of ether oxygens (including phenoxy) is 2. The fourth-order valence-electron chi connectivity index (χ4n) is 0.345. The Labute approximate surface area is 69.6 Å². The lowest BCUT2D eigenvalue weighted by atomic mass is 10.7. The van der Waals surface area contributed by atoms with E-state index in [1.807, 2.05) is 0 Å². The number of methoxy groups -OCH3 is 2. The van der Waals surface area contributed by atoms with E-state index in [4.69, 9.17) is 0 Å². The van der Waals surface area contributed by atoms with E-state index in [2.05, 4.69) is 19.7 Å². The Kier molecular flexibility index (Phi) is 5.50. The summed E-state index contributed by atoms with van der Waals surface area (Å²) in [6.07, 6.45) is 0. The minimum atomic E-state index is -0.497. The second kappa shape index (κ2) is 6.26. The molecule has 0 aromatic heterocycles. The largest absolute Gasteiger partial charge is 0.468 e. The molecule has 0 atom stereocenters. The van der Waals surface area contributed by atoms with Gasteiger partial charge in [-0.1, -0.05) is 0 Å². The Hall–Kier alpha value is -1.46. The molecule has 12 heavy (non-hydrogen) atoms. The molecule has 0 unspecified atom stereocenters. The fraction of sp³-hybridized carbons (Fsp3) is 0.667. The van der Waals surface area contributed by atoms with Crippen LogP contribution in [0, 0.1) is 0 Å². The van der Waals surface area contributed by atoms with Crippen LogP contribution >= 0.6 is 0 Å². The van der Waals surface area contributed by atoms with Crippen molar-refractivity contribution >= 4 is 11.9 Å². The molecule has 6 heteroatoms. The minimum Gasteiger partial charge on any atom is -0.468 e. The van der Waals surface area contributed by atoms with E-state index in [0.29, 0.717) is 0 Å². The van der Waals surface area contributed by atoms with Crippen molar-refractivity contribution in [2.24, 2.45) is 10.2 Å². The van der Waals surface area contributed by atoms with Gasteiger partial charge in [-0.05, 0) is 0 Å². The molecule has 0 fully saturated rings. The van der Waals surface area contributed by atoms with Gasteiger partial charge in [-0.2, -0.15) is 10.2 Å². The van der Waals surface area contributed by atoms with Crippen molar-refractivity contribution in [1.82, 2.24) is 0 Å². The minimum absolute atomic E-state index is 0.173. The number of hydrogen-bond acceptors (Lipinski definition) is 6. The summed E-state index contributed by atoms with van der Waals surface area (Å²) in [6.45, 7) is -0.346. The van der Waals surface area contributed by atoms with Gasteiger partial charge < -0.3 is 9.47 Å². The van der Waals surface area contributed by atoms with Gasteiger partial charge in [-0.3, -0.25) is 0 Å². The van der Waals surface area contributed by atoms with Crippen molar-refractivity contribution in [3.8, 4) is 0 Å². The van der Waals surface area contributed by atoms with Gasteiger partial charge in [0.1, 0.15) is 0 Å². The van der Waals surface area contributed by atoms with Crippen LogP contribution < -0.4 is 0 Å². The number of azo groups is 1. The molecule has 68 valence electrons. The van der Waals surface area contributed by atoms with Crippen LogP contribution in [-0.4, -0.2) is 39.2 Å². The summed E-state index contributed by atoms with van der Waals surface area (Å²) >= 11 is 0. The molecule has 0 amide bonds. The first-order valence-corrected chi connectivity index (χ1v) is 3.17. The monoisotopic (exact) mass is 174 g/mol. The number of carbonyl (C=O) groups is 2. The first-order valence-electron chi connectivity index (χ1n) is 3.17. The smallest absolute Gasteiger partial charge is 0.329 e. The summed E-state index contributed by atoms with van der Waals surface area (Å²) in [7, 11) is 2.50. The highest BCUT2D eigenvalue weighted by Gasteiger charge is 1.98. The third kappa shape index (κ3) is 5.33. The highest BCUT2D eigenvalue weighted by Crippen LogP contribution is 1.81. The number of rotatable bonds is 4. The lowest BCUT2D eigenvalue weighted by Gasteiger charge is -1.92. The zero-order valence-electron chi connectivity index (χ0n) is 6.94. The lowest BCUT2D eigenvalue weighted by Crippen LogP contribution is -2.06. The van der Waals surface area contributed by atoms with Gasteiger partial charge in [-0.15, -0.1) is 0 Å². The van der Waals surface area contributed by atoms with Gasteiger partial charge in [0.2, 0.25) is 0 Å². The summed E-state index contributed by atoms with van der Waals surface area (Å²) in [5, 5.41) is 6.76. The predicted molar refractivity (Wildman–Crippen MR) is 38.6 cm³/mol. The first kappa shape index (κ1) is 10.5. The van der Waals surface area contributed by atoms with Crippen LogP contribution in [-0.2, 0) is 19.1 Å². The normalized spacial score (nSPS) is 9.83. The first-order chi connectivity index (χ1) is 5.70. The van der Waals surface area contributed by atoms with Crippen molar-refractivity contribution in [1.29, 1.82) is 0 Å². The summed E-state index contributed by atoms with van der Waals surface area (Å²) in [6, 6.07) is 0. The van der Waals surface area contributed by atoms with Gasteiger partial charge in [-0.25, -0.2) is 9.59 Å². The molecule has 0 heterocycles. The van der Waals surface area contributed by atoms with Gasteiger partial charge in [0.25, 0.3) is 0 Å². The Morgan fingerprint density at radius 2 is 1.33 bits per heavy atom. The van der Waals surface area contributed by atoms with Crippen LogP contribution in [0.15, 0.2) is 10.2 Å². The summed E-state index contributed by atoms with van der Waals surface area (Å²) < 4.78 is 8.55. The SMILES string of the molecule is COC(=O)CN=NCC(=O)OC. The van der Waals surface area contributed by atoms with Crippen LogP contribution in [0.2, 0.25) is 0 Å². The lowest BCUT2D eigenvalue weighted by molar-refractivity contribution is -0.140. The van der Waals surface area contributed by atoms with Crippen LogP contribution in [0.1, 0.15) is 0 Å². The highest BCUT2D eigenvalue weighted by molar-refractivity contribution is 5.72. The van der Waals surface area contributed by atoms with Crippen LogP contribution in [0.4, 0.5) is 0 Å². The molecule has 0 N–H and O–H groups in total. The van der Waals surface area contributed by atoms with Crippen molar-refractivity contribution in [2.75, 3.05) is 27.3 Å². The van der Waals surface area contributed by atoms with Crippen molar-refractivity contribution in [3.63, 3.8) is 0 Å². The quantitative estimate of drug-likeness (QED) is 0.436. The van der Waals surface area contributed by atoms with Gasteiger partial charge >= 0.3 is 11.9 Å². The molecule has 0 aliphatic carbocycles. The molecule has 0 saturated carbocycles. The van der Waals surface area contributed by atoms with E-state index in [0.717, 1.165) is 0 Å². The summed E-state index contributed by atoms with van der Waals surface area (Å²) in [5.41, 5.74) is 0. The van der Waals surface area contributed by atoms with E-state index in [1.165, 1.54) is 14.2 Å². The van der Waals surface area contributed by atoms with Crippen LogP contribution in [0.3, 0.4) is 0 Å². The van der Waals surface area contributed by atoms with Gasteiger partial charge in [0.15, 0.2) is 13.1 Å². The average molecular weight is 174 g/mol. The molecule has 0 rings (SSSR count). The van der Waals surface area contributed by atoms with Crippen molar-refractivity contribution in [2.45, 2.75) is 0 Å². The van der Waals surface area contributed by atoms with Gasteiger partial charge in [0, 0.05) is 0 Å². The molecule has 0 aromatic carbocycles. The third-order valence-electron chi connectivity index (χ3n) is 0.955. The third-order valence-corrected chi connectivity index (χ3v) is 0.955. The van der Waals surface area contributed by atoms with Gasteiger partial charge in [0.05, 0.1) is 14.2 Å².